The van der Waals surface area contributed by atoms with Crippen molar-refractivity contribution in [2.75, 3.05) is 11.0 Å². The zero-order valence-corrected chi connectivity index (χ0v) is 12.5. The molecule has 0 unspecified atom stereocenters. The van der Waals surface area contributed by atoms with Crippen molar-refractivity contribution in [3.63, 3.8) is 0 Å². The molecule has 1 heterocycles. The average molecular weight is 284 g/mol. The number of hydrogen-bond acceptors (Lipinski definition) is 4. The molecule has 0 amide bonds. The molecule has 1 aliphatic carbocycles. The lowest BCUT2D eigenvalue weighted by atomic mass is 9.86. The molecule has 0 aliphatic heterocycles. The molecule has 106 valence electrons. The monoisotopic (exact) mass is 284 g/mol. The lowest BCUT2D eigenvalue weighted by Gasteiger charge is -2.25. The molecular weight excluding hydrogens is 264 g/mol. The van der Waals surface area contributed by atoms with Gasteiger partial charge in [-0.15, -0.1) is 0 Å². The molecule has 0 aromatic carbocycles. The molecule has 0 spiro atoms. The van der Waals surface area contributed by atoms with Gasteiger partial charge in [0.05, 0.1) is 30.4 Å². The van der Waals surface area contributed by atoms with Gasteiger partial charge in [-0.05, 0) is 18.3 Å². The van der Waals surface area contributed by atoms with Gasteiger partial charge in [0.2, 0.25) is 10.0 Å². The number of rotatable bonds is 4. The minimum atomic E-state index is -3.34. The summed E-state index contributed by atoms with van der Waals surface area (Å²) in [5.41, 5.74) is 1.10. The van der Waals surface area contributed by atoms with Gasteiger partial charge in [-0.2, -0.15) is 0 Å². The summed E-state index contributed by atoms with van der Waals surface area (Å²) in [4.78, 5) is 4.07. The summed E-state index contributed by atoms with van der Waals surface area (Å²) in [6.07, 6.45) is 6.67. The summed E-state index contributed by atoms with van der Waals surface area (Å²) in [6, 6.07) is 0. The van der Waals surface area contributed by atoms with E-state index in [1.807, 2.05) is 20.8 Å². The third kappa shape index (κ3) is 3.83. The Morgan fingerprint density at radius 2 is 1.95 bits per heavy atom. The molecule has 0 radical (unpaired) electrons. The van der Waals surface area contributed by atoms with Gasteiger partial charge in [-0.25, -0.2) is 8.42 Å². The van der Waals surface area contributed by atoms with Crippen LogP contribution in [0.3, 0.4) is 0 Å². The number of sulfonamides is 1. The van der Waals surface area contributed by atoms with Crippen molar-refractivity contribution in [1.82, 2.24) is 4.98 Å². The molecule has 1 fully saturated rings. The van der Waals surface area contributed by atoms with E-state index in [0.717, 1.165) is 24.7 Å². The van der Waals surface area contributed by atoms with Crippen LogP contribution in [0.15, 0.2) is 12.4 Å². The van der Waals surface area contributed by atoms with Crippen LogP contribution < -0.4 is 9.46 Å². The Bertz CT molecular complexity index is 572. The summed E-state index contributed by atoms with van der Waals surface area (Å²) in [6.45, 7) is 6.07. The molecule has 1 aromatic heterocycles. The van der Waals surface area contributed by atoms with E-state index < -0.39 is 10.0 Å². The molecule has 6 heteroatoms. The molecular formula is C13H20N2O3S. The van der Waals surface area contributed by atoms with Crippen LogP contribution in [0.2, 0.25) is 0 Å². The maximum atomic E-state index is 11.4. The first kappa shape index (κ1) is 14.1. The zero-order chi connectivity index (χ0) is 14.3. The molecule has 0 atom stereocenters. The third-order valence-corrected chi connectivity index (χ3v) is 3.37. The maximum Gasteiger partial charge on any atom is 0.229 e. The van der Waals surface area contributed by atoms with E-state index in [4.69, 9.17) is 4.74 Å². The second-order valence-corrected chi connectivity index (χ2v) is 7.75. The third-order valence-electron chi connectivity index (χ3n) is 2.77. The van der Waals surface area contributed by atoms with Gasteiger partial charge in [-0.3, -0.25) is 9.71 Å². The molecule has 1 aromatic rings. The summed E-state index contributed by atoms with van der Waals surface area (Å²) in [5.74, 6) is 0.670. The van der Waals surface area contributed by atoms with Crippen LogP contribution in [0, 0.1) is 0 Å². The van der Waals surface area contributed by atoms with Crippen LogP contribution in [0.25, 0.3) is 0 Å². The Balaban J connectivity index is 2.46. The fourth-order valence-electron chi connectivity index (χ4n) is 1.95. The number of pyridine rings is 1. The Hall–Kier alpha value is -1.30. The number of nitrogens with zero attached hydrogens (tertiary/aromatic N) is 1. The topological polar surface area (TPSA) is 68.3 Å². The molecule has 1 aliphatic rings. The van der Waals surface area contributed by atoms with Gasteiger partial charge in [-0.1, -0.05) is 20.8 Å². The summed E-state index contributed by atoms with van der Waals surface area (Å²) in [7, 11) is -3.34. The normalized spacial score (nSPS) is 16.2. The number of anilines is 1. The number of nitrogens with one attached hydrogen (secondary N) is 1. The molecule has 1 saturated carbocycles. The zero-order valence-electron chi connectivity index (χ0n) is 11.7. The Morgan fingerprint density at radius 1 is 1.32 bits per heavy atom. The van der Waals surface area contributed by atoms with E-state index in [1.54, 1.807) is 6.20 Å². The van der Waals surface area contributed by atoms with Crippen LogP contribution in [-0.2, 0) is 15.4 Å². The molecule has 0 bridgehead atoms. The molecule has 2 rings (SSSR count). The molecule has 19 heavy (non-hydrogen) atoms. The van der Waals surface area contributed by atoms with E-state index in [1.165, 1.54) is 6.20 Å². The first-order valence-corrected chi connectivity index (χ1v) is 8.19. The van der Waals surface area contributed by atoms with E-state index in [2.05, 4.69) is 9.71 Å². The van der Waals surface area contributed by atoms with E-state index in [-0.39, 0.29) is 11.5 Å². The van der Waals surface area contributed by atoms with Crippen molar-refractivity contribution in [2.24, 2.45) is 0 Å². The fraction of sp³-hybridized carbons (Fsp3) is 0.615. The van der Waals surface area contributed by atoms with Crippen molar-refractivity contribution < 1.29 is 13.2 Å². The van der Waals surface area contributed by atoms with Gasteiger partial charge in [0.25, 0.3) is 0 Å². The van der Waals surface area contributed by atoms with Gasteiger partial charge >= 0.3 is 0 Å². The molecule has 5 nitrogen and oxygen atoms in total. The van der Waals surface area contributed by atoms with Crippen molar-refractivity contribution in [1.29, 1.82) is 0 Å². The number of ether oxygens (including phenoxy) is 1. The van der Waals surface area contributed by atoms with Crippen LogP contribution in [0.5, 0.6) is 5.75 Å². The standard InChI is InChI=1S/C13H20N2O3S/c1-13(2,3)12-10(15-19(4,16)17)7-14-8-11(12)18-9-5-6-9/h7-9,15H,5-6H2,1-4H3. The predicted molar refractivity (Wildman–Crippen MR) is 75.1 cm³/mol. The van der Waals surface area contributed by atoms with Crippen molar-refractivity contribution in [3.05, 3.63) is 18.0 Å². The van der Waals surface area contributed by atoms with Gasteiger partial charge in [0, 0.05) is 5.56 Å². The fourth-order valence-corrected chi connectivity index (χ4v) is 2.50. The average Bonchev–Trinajstić information content (AvgIpc) is 2.97. The number of aromatic nitrogens is 1. The molecule has 1 N–H and O–H groups in total. The van der Waals surface area contributed by atoms with Crippen LogP contribution in [0.4, 0.5) is 5.69 Å². The Kier molecular flexibility index (Phi) is 3.47. The van der Waals surface area contributed by atoms with Crippen LogP contribution >= 0.6 is 0 Å². The second kappa shape index (κ2) is 4.67. The van der Waals surface area contributed by atoms with E-state index in [9.17, 15) is 8.42 Å². The highest BCUT2D eigenvalue weighted by molar-refractivity contribution is 7.92. The van der Waals surface area contributed by atoms with Gasteiger partial charge < -0.3 is 4.74 Å². The predicted octanol–water partition coefficient (Wildman–Crippen LogP) is 2.29. The Morgan fingerprint density at radius 3 is 2.42 bits per heavy atom. The second-order valence-electron chi connectivity index (χ2n) is 6.00. The van der Waals surface area contributed by atoms with E-state index >= 15 is 0 Å². The molecule has 0 saturated heterocycles. The van der Waals surface area contributed by atoms with Gasteiger partial charge in [0.15, 0.2) is 0 Å². The van der Waals surface area contributed by atoms with Gasteiger partial charge in [0.1, 0.15) is 5.75 Å². The largest absolute Gasteiger partial charge is 0.488 e. The maximum absolute atomic E-state index is 11.4. The van der Waals surface area contributed by atoms with Crippen molar-refractivity contribution >= 4 is 15.7 Å². The smallest absolute Gasteiger partial charge is 0.229 e. The minimum absolute atomic E-state index is 0.236. The highest BCUT2D eigenvalue weighted by atomic mass is 32.2. The quantitative estimate of drug-likeness (QED) is 0.921. The summed E-state index contributed by atoms with van der Waals surface area (Å²) < 4.78 is 31.3. The lowest BCUT2D eigenvalue weighted by Crippen LogP contribution is -2.20. The first-order chi connectivity index (χ1) is 8.67. The lowest BCUT2D eigenvalue weighted by molar-refractivity contribution is 0.294. The SMILES string of the molecule is CC(C)(C)c1c(NS(C)(=O)=O)cncc1OC1CC1. The van der Waals surface area contributed by atoms with E-state index in [0.29, 0.717) is 11.4 Å². The van der Waals surface area contributed by atoms with Crippen molar-refractivity contribution in [2.45, 2.75) is 45.1 Å². The number of hydrogen-bond donors (Lipinski definition) is 1. The summed E-state index contributed by atoms with van der Waals surface area (Å²) in [5, 5.41) is 0. The Labute approximate surface area is 114 Å². The highest BCUT2D eigenvalue weighted by Crippen LogP contribution is 2.39. The van der Waals surface area contributed by atoms with Crippen LogP contribution in [0.1, 0.15) is 39.2 Å². The first-order valence-electron chi connectivity index (χ1n) is 6.30. The minimum Gasteiger partial charge on any atom is -0.488 e. The van der Waals surface area contributed by atoms with Crippen molar-refractivity contribution in [3.8, 4) is 5.75 Å². The summed E-state index contributed by atoms with van der Waals surface area (Å²) >= 11 is 0. The highest BCUT2D eigenvalue weighted by Gasteiger charge is 2.29. The van der Waals surface area contributed by atoms with Crippen LogP contribution in [-0.4, -0.2) is 25.8 Å².